The topological polar surface area (TPSA) is 43.1 Å². The van der Waals surface area contributed by atoms with Crippen molar-refractivity contribution >= 4 is 5.78 Å². The van der Waals surface area contributed by atoms with Gasteiger partial charge in [0.15, 0.2) is 0 Å². The first-order valence-electron chi connectivity index (χ1n) is 3.93. The third kappa shape index (κ3) is 0.958. The first-order valence-corrected chi connectivity index (χ1v) is 3.93. The molecule has 2 aromatic rings. The Balaban J connectivity index is 2.73. The van der Waals surface area contributed by atoms with Crippen LogP contribution in [0.3, 0.4) is 0 Å². The maximum atomic E-state index is 4.05. The maximum Gasteiger partial charge on any atom is 0.253 e. The molecule has 0 bridgehead atoms. The van der Waals surface area contributed by atoms with Crippen LogP contribution in [0.2, 0.25) is 0 Å². The lowest BCUT2D eigenvalue weighted by Gasteiger charge is -2.05. The van der Waals surface area contributed by atoms with Crippen molar-refractivity contribution in [2.75, 3.05) is 0 Å². The van der Waals surface area contributed by atoms with Crippen LogP contribution in [0.1, 0.15) is 25.5 Å². The first-order chi connectivity index (χ1) is 5.79. The van der Waals surface area contributed by atoms with Crippen molar-refractivity contribution in [2.24, 2.45) is 0 Å². The molecular weight excluding hydrogens is 152 g/mol. The highest BCUT2D eigenvalue weighted by atomic mass is 15.2. The van der Waals surface area contributed by atoms with Gasteiger partial charge in [0, 0.05) is 18.1 Å². The third-order valence-corrected chi connectivity index (χ3v) is 1.83. The van der Waals surface area contributed by atoms with Crippen LogP contribution in [0.25, 0.3) is 5.78 Å². The average molecular weight is 162 g/mol. The predicted octanol–water partition coefficient (Wildman–Crippen LogP) is 1.25. The van der Waals surface area contributed by atoms with E-state index in [4.69, 9.17) is 0 Å². The molecule has 12 heavy (non-hydrogen) atoms. The van der Waals surface area contributed by atoms with Gasteiger partial charge in [0.05, 0.1) is 6.20 Å². The van der Waals surface area contributed by atoms with E-state index in [-0.39, 0.29) is 0 Å². The number of hydrogen-bond acceptors (Lipinski definition) is 3. The molecule has 0 aromatic carbocycles. The summed E-state index contributed by atoms with van der Waals surface area (Å²) in [4.78, 5) is 4.05. The summed E-state index contributed by atoms with van der Waals surface area (Å²) < 4.78 is 1.96. The Morgan fingerprint density at radius 2 is 2.25 bits per heavy atom. The van der Waals surface area contributed by atoms with Gasteiger partial charge in [-0.2, -0.15) is 5.10 Å². The van der Waals surface area contributed by atoms with Crippen LogP contribution in [-0.4, -0.2) is 19.6 Å². The Bertz CT molecular complexity index is 391. The van der Waals surface area contributed by atoms with E-state index in [1.165, 1.54) is 0 Å². The summed E-state index contributed by atoms with van der Waals surface area (Å²) in [5.41, 5.74) is 1.14. The molecule has 0 atom stereocenters. The molecule has 2 aromatic heterocycles. The predicted molar refractivity (Wildman–Crippen MR) is 44.9 cm³/mol. The largest absolute Gasteiger partial charge is 0.285 e. The summed E-state index contributed by atoms with van der Waals surface area (Å²) in [7, 11) is 0. The van der Waals surface area contributed by atoms with E-state index < -0.39 is 0 Å². The van der Waals surface area contributed by atoms with E-state index >= 15 is 0 Å². The summed E-state index contributed by atoms with van der Waals surface area (Å²) in [5, 5.41) is 7.76. The number of imidazole rings is 1. The molecule has 0 unspecified atom stereocenters. The Hall–Kier alpha value is -1.45. The Morgan fingerprint density at radius 3 is 3.00 bits per heavy atom. The monoisotopic (exact) mass is 162 g/mol. The number of hydrogen-bond donors (Lipinski definition) is 0. The van der Waals surface area contributed by atoms with Gasteiger partial charge in [-0.25, -0.2) is 4.98 Å². The zero-order valence-electron chi connectivity index (χ0n) is 7.10. The van der Waals surface area contributed by atoms with Crippen molar-refractivity contribution in [2.45, 2.75) is 19.8 Å². The molecule has 0 saturated heterocycles. The molecule has 0 spiro atoms. The lowest BCUT2D eigenvalue weighted by Crippen LogP contribution is -2.01. The summed E-state index contributed by atoms with van der Waals surface area (Å²) in [5.74, 6) is 1.11. The van der Waals surface area contributed by atoms with Crippen LogP contribution in [-0.2, 0) is 0 Å². The zero-order chi connectivity index (χ0) is 8.55. The zero-order valence-corrected chi connectivity index (χ0v) is 7.10. The van der Waals surface area contributed by atoms with Gasteiger partial charge in [0.2, 0.25) is 0 Å². The minimum atomic E-state index is 0.442. The molecule has 0 radical (unpaired) electrons. The second kappa shape index (κ2) is 2.55. The van der Waals surface area contributed by atoms with Crippen LogP contribution in [0.5, 0.6) is 0 Å². The van der Waals surface area contributed by atoms with Crippen LogP contribution < -0.4 is 0 Å². The van der Waals surface area contributed by atoms with Gasteiger partial charge in [-0.1, -0.05) is 13.8 Å². The van der Waals surface area contributed by atoms with Crippen molar-refractivity contribution in [1.82, 2.24) is 19.6 Å². The molecule has 0 aliphatic rings. The average Bonchev–Trinajstić information content (AvgIpc) is 2.49. The van der Waals surface area contributed by atoms with Gasteiger partial charge in [-0.05, 0) is 5.92 Å². The Labute approximate surface area is 70.3 Å². The quantitative estimate of drug-likeness (QED) is 0.633. The molecule has 0 saturated carbocycles. The number of nitrogens with zero attached hydrogens (tertiary/aromatic N) is 4. The molecule has 2 rings (SSSR count). The molecule has 4 heteroatoms. The van der Waals surface area contributed by atoms with Crippen LogP contribution in [0.15, 0.2) is 18.6 Å². The van der Waals surface area contributed by atoms with Crippen molar-refractivity contribution in [3.63, 3.8) is 0 Å². The maximum absolute atomic E-state index is 4.05. The number of rotatable bonds is 1. The van der Waals surface area contributed by atoms with Crippen LogP contribution >= 0.6 is 0 Å². The molecule has 0 N–H and O–H groups in total. The lowest BCUT2D eigenvalue weighted by molar-refractivity contribution is 0.770. The van der Waals surface area contributed by atoms with Gasteiger partial charge in [0.25, 0.3) is 5.78 Å². The molecule has 0 aliphatic heterocycles. The third-order valence-electron chi connectivity index (χ3n) is 1.83. The first kappa shape index (κ1) is 7.21. The molecule has 0 fully saturated rings. The molecule has 0 aliphatic carbocycles. The van der Waals surface area contributed by atoms with E-state index in [0.29, 0.717) is 11.7 Å². The number of fused-ring (bicyclic) bond motifs is 1. The SMILES string of the molecule is CC(C)c1cnnc2nccn12. The van der Waals surface area contributed by atoms with Crippen LogP contribution in [0, 0.1) is 0 Å². The van der Waals surface area contributed by atoms with E-state index in [9.17, 15) is 0 Å². The molecule has 2 heterocycles. The van der Waals surface area contributed by atoms with Crippen molar-refractivity contribution in [3.05, 3.63) is 24.3 Å². The van der Waals surface area contributed by atoms with Gasteiger partial charge in [-0.3, -0.25) is 4.40 Å². The van der Waals surface area contributed by atoms with Gasteiger partial charge in [-0.15, -0.1) is 5.10 Å². The molecule has 62 valence electrons. The Kier molecular flexibility index (Phi) is 1.53. The van der Waals surface area contributed by atoms with E-state index in [1.54, 1.807) is 12.4 Å². The summed E-state index contributed by atoms with van der Waals surface area (Å²) in [6, 6.07) is 0. The minimum Gasteiger partial charge on any atom is -0.285 e. The minimum absolute atomic E-state index is 0.442. The van der Waals surface area contributed by atoms with Gasteiger partial charge < -0.3 is 0 Å². The van der Waals surface area contributed by atoms with Crippen LogP contribution in [0.4, 0.5) is 0 Å². The highest BCUT2D eigenvalue weighted by molar-refractivity contribution is 5.28. The number of aromatic nitrogens is 4. The van der Waals surface area contributed by atoms with E-state index in [0.717, 1.165) is 5.69 Å². The highest BCUT2D eigenvalue weighted by Crippen LogP contribution is 2.12. The fraction of sp³-hybridized carbons (Fsp3) is 0.375. The normalized spacial score (nSPS) is 11.2. The van der Waals surface area contributed by atoms with Gasteiger partial charge in [0.1, 0.15) is 0 Å². The molecule has 4 nitrogen and oxygen atoms in total. The lowest BCUT2D eigenvalue weighted by atomic mass is 10.1. The van der Waals surface area contributed by atoms with Crippen molar-refractivity contribution in [3.8, 4) is 0 Å². The highest BCUT2D eigenvalue weighted by Gasteiger charge is 2.05. The summed E-state index contributed by atoms with van der Waals surface area (Å²) >= 11 is 0. The molecular formula is C8H10N4. The van der Waals surface area contributed by atoms with E-state index in [2.05, 4.69) is 29.0 Å². The summed E-state index contributed by atoms with van der Waals surface area (Å²) in [6.07, 6.45) is 5.41. The summed E-state index contributed by atoms with van der Waals surface area (Å²) in [6.45, 7) is 4.24. The van der Waals surface area contributed by atoms with Crippen molar-refractivity contribution < 1.29 is 0 Å². The fourth-order valence-electron chi connectivity index (χ4n) is 1.20. The fourth-order valence-corrected chi connectivity index (χ4v) is 1.20. The van der Waals surface area contributed by atoms with E-state index in [1.807, 2.05) is 10.6 Å². The van der Waals surface area contributed by atoms with Gasteiger partial charge >= 0.3 is 0 Å². The second-order valence-corrected chi connectivity index (χ2v) is 3.02. The smallest absolute Gasteiger partial charge is 0.253 e. The van der Waals surface area contributed by atoms with Crippen molar-refractivity contribution in [1.29, 1.82) is 0 Å². The Morgan fingerprint density at radius 1 is 1.42 bits per heavy atom. The standard InChI is InChI=1S/C8H10N4/c1-6(2)7-5-10-11-8-9-3-4-12(7)8/h3-6H,1-2H3. The molecule has 0 amide bonds. The second-order valence-electron chi connectivity index (χ2n) is 3.02.